The SMILES string of the molecule is Cc1cccc(C#CC(C)O)n1. The van der Waals surface area contributed by atoms with E-state index in [1.54, 1.807) is 6.92 Å². The molecular formula is C10H11NO. The third-order valence-corrected chi connectivity index (χ3v) is 1.30. The molecule has 0 amide bonds. The van der Waals surface area contributed by atoms with Gasteiger partial charge in [-0.2, -0.15) is 0 Å². The Morgan fingerprint density at radius 3 is 2.83 bits per heavy atom. The van der Waals surface area contributed by atoms with Gasteiger partial charge in [-0.25, -0.2) is 4.98 Å². The second-order valence-electron chi connectivity index (χ2n) is 2.61. The molecule has 1 rings (SSSR count). The summed E-state index contributed by atoms with van der Waals surface area (Å²) in [6, 6.07) is 5.63. The predicted molar refractivity (Wildman–Crippen MR) is 47.5 cm³/mol. The number of aliphatic hydroxyl groups excluding tert-OH is 1. The number of nitrogens with zero attached hydrogens (tertiary/aromatic N) is 1. The highest BCUT2D eigenvalue weighted by Crippen LogP contribution is 1.95. The molecule has 1 aromatic heterocycles. The molecule has 62 valence electrons. The lowest BCUT2D eigenvalue weighted by molar-refractivity contribution is 0.253. The molecule has 1 unspecified atom stereocenters. The minimum Gasteiger partial charge on any atom is -0.381 e. The molecule has 2 heteroatoms. The maximum Gasteiger partial charge on any atom is 0.113 e. The number of aliphatic hydroxyl groups is 1. The van der Waals surface area contributed by atoms with Crippen LogP contribution in [0.3, 0.4) is 0 Å². The van der Waals surface area contributed by atoms with Gasteiger partial charge in [0.15, 0.2) is 0 Å². The van der Waals surface area contributed by atoms with E-state index in [4.69, 9.17) is 5.11 Å². The molecule has 0 aromatic carbocycles. The first-order valence-electron chi connectivity index (χ1n) is 3.82. The molecule has 0 bridgehead atoms. The molecule has 0 aliphatic heterocycles. The average molecular weight is 161 g/mol. The van der Waals surface area contributed by atoms with Crippen LogP contribution in [-0.2, 0) is 0 Å². The van der Waals surface area contributed by atoms with Crippen molar-refractivity contribution in [3.8, 4) is 11.8 Å². The smallest absolute Gasteiger partial charge is 0.113 e. The fourth-order valence-corrected chi connectivity index (χ4v) is 0.791. The summed E-state index contributed by atoms with van der Waals surface area (Å²) in [6.45, 7) is 3.54. The van der Waals surface area contributed by atoms with Gasteiger partial charge in [-0.15, -0.1) is 0 Å². The topological polar surface area (TPSA) is 33.1 Å². The van der Waals surface area contributed by atoms with E-state index in [0.29, 0.717) is 5.69 Å². The van der Waals surface area contributed by atoms with E-state index < -0.39 is 6.10 Å². The standard InChI is InChI=1S/C10H11NO/c1-8-4-3-5-10(11-8)7-6-9(2)12/h3-5,9,12H,1-2H3. The number of aryl methyl sites for hydroxylation is 1. The Balaban J connectivity index is 2.85. The summed E-state index contributed by atoms with van der Waals surface area (Å²) in [5.41, 5.74) is 1.64. The summed E-state index contributed by atoms with van der Waals surface area (Å²) in [6.07, 6.45) is -0.590. The third kappa shape index (κ3) is 2.73. The average Bonchev–Trinajstić information content (AvgIpc) is 2.01. The quantitative estimate of drug-likeness (QED) is 0.578. The van der Waals surface area contributed by atoms with Crippen molar-refractivity contribution in [3.05, 3.63) is 29.6 Å². The molecule has 1 heterocycles. The summed E-state index contributed by atoms with van der Waals surface area (Å²) >= 11 is 0. The summed E-state index contributed by atoms with van der Waals surface area (Å²) in [4.78, 5) is 4.16. The molecule has 0 radical (unpaired) electrons. The minimum atomic E-state index is -0.590. The molecule has 0 aliphatic rings. The fourth-order valence-electron chi connectivity index (χ4n) is 0.791. The molecule has 0 saturated heterocycles. The van der Waals surface area contributed by atoms with Crippen LogP contribution in [0, 0.1) is 18.8 Å². The lowest BCUT2D eigenvalue weighted by Crippen LogP contribution is -1.93. The van der Waals surface area contributed by atoms with Gasteiger partial charge in [-0.3, -0.25) is 0 Å². The number of hydrogen-bond donors (Lipinski definition) is 1. The van der Waals surface area contributed by atoms with E-state index in [0.717, 1.165) is 5.69 Å². The second kappa shape index (κ2) is 3.89. The maximum atomic E-state index is 8.88. The van der Waals surface area contributed by atoms with Crippen LogP contribution in [-0.4, -0.2) is 16.2 Å². The van der Waals surface area contributed by atoms with Crippen LogP contribution in [0.15, 0.2) is 18.2 Å². The van der Waals surface area contributed by atoms with Crippen LogP contribution in [0.2, 0.25) is 0 Å². The lowest BCUT2D eigenvalue weighted by atomic mass is 10.3. The predicted octanol–water partition coefficient (Wildman–Crippen LogP) is 1.12. The number of rotatable bonds is 0. The Kier molecular flexibility index (Phi) is 2.84. The fraction of sp³-hybridized carbons (Fsp3) is 0.300. The van der Waals surface area contributed by atoms with Gasteiger partial charge in [0.1, 0.15) is 11.8 Å². The Bertz CT molecular complexity index is 320. The highest BCUT2D eigenvalue weighted by atomic mass is 16.3. The van der Waals surface area contributed by atoms with Gasteiger partial charge in [0.05, 0.1) is 0 Å². The number of aromatic nitrogens is 1. The van der Waals surface area contributed by atoms with E-state index in [-0.39, 0.29) is 0 Å². The highest BCUT2D eigenvalue weighted by Gasteiger charge is 1.89. The minimum absolute atomic E-state index is 0.590. The molecule has 0 aliphatic carbocycles. The molecule has 0 saturated carbocycles. The Morgan fingerprint density at radius 1 is 1.50 bits per heavy atom. The third-order valence-electron chi connectivity index (χ3n) is 1.30. The molecule has 1 aromatic rings. The largest absolute Gasteiger partial charge is 0.381 e. The summed E-state index contributed by atoms with van der Waals surface area (Å²) < 4.78 is 0. The first-order chi connectivity index (χ1) is 5.68. The van der Waals surface area contributed by atoms with E-state index in [1.165, 1.54) is 0 Å². The lowest BCUT2D eigenvalue weighted by Gasteiger charge is -1.92. The zero-order chi connectivity index (χ0) is 8.97. The summed E-state index contributed by atoms with van der Waals surface area (Å²) in [5.74, 6) is 5.41. The van der Waals surface area contributed by atoms with Crippen molar-refractivity contribution in [1.82, 2.24) is 4.98 Å². The summed E-state index contributed by atoms with van der Waals surface area (Å²) in [5, 5.41) is 8.88. The van der Waals surface area contributed by atoms with Gasteiger partial charge in [0.2, 0.25) is 0 Å². The molecule has 0 fully saturated rings. The van der Waals surface area contributed by atoms with Crippen LogP contribution >= 0.6 is 0 Å². The molecule has 0 spiro atoms. The van der Waals surface area contributed by atoms with Crippen molar-refractivity contribution in [1.29, 1.82) is 0 Å². The van der Waals surface area contributed by atoms with Crippen LogP contribution in [0.5, 0.6) is 0 Å². The molecule has 1 N–H and O–H groups in total. The molecule has 1 atom stereocenters. The monoisotopic (exact) mass is 161 g/mol. The van der Waals surface area contributed by atoms with Gasteiger partial charge in [-0.1, -0.05) is 12.0 Å². The van der Waals surface area contributed by atoms with E-state index in [9.17, 15) is 0 Å². The zero-order valence-electron chi connectivity index (χ0n) is 7.20. The Labute approximate surface area is 72.3 Å². The van der Waals surface area contributed by atoms with Crippen LogP contribution in [0.1, 0.15) is 18.3 Å². The molecule has 2 nitrogen and oxygen atoms in total. The summed E-state index contributed by atoms with van der Waals surface area (Å²) in [7, 11) is 0. The zero-order valence-corrected chi connectivity index (χ0v) is 7.20. The van der Waals surface area contributed by atoms with E-state index >= 15 is 0 Å². The van der Waals surface area contributed by atoms with E-state index in [2.05, 4.69) is 16.8 Å². The highest BCUT2D eigenvalue weighted by molar-refractivity contribution is 5.29. The number of pyridine rings is 1. The van der Waals surface area contributed by atoms with Crippen molar-refractivity contribution in [2.45, 2.75) is 20.0 Å². The first kappa shape index (κ1) is 8.76. The van der Waals surface area contributed by atoms with Crippen molar-refractivity contribution >= 4 is 0 Å². The second-order valence-corrected chi connectivity index (χ2v) is 2.61. The van der Waals surface area contributed by atoms with Gasteiger partial charge < -0.3 is 5.11 Å². The van der Waals surface area contributed by atoms with Crippen molar-refractivity contribution < 1.29 is 5.11 Å². The van der Waals surface area contributed by atoms with E-state index in [1.807, 2.05) is 25.1 Å². The first-order valence-corrected chi connectivity index (χ1v) is 3.82. The Hall–Kier alpha value is -1.33. The van der Waals surface area contributed by atoms with Crippen LogP contribution in [0.25, 0.3) is 0 Å². The van der Waals surface area contributed by atoms with Gasteiger partial charge >= 0.3 is 0 Å². The molecular weight excluding hydrogens is 150 g/mol. The van der Waals surface area contributed by atoms with Crippen molar-refractivity contribution in [2.24, 2.45) is 0 Å². The van der Waals surface area contributed by atoms with Crippen molar-refractivity contribution in [3.63, 3.8) is 0 Å². The molecule has 12 heavy (non-hydrogen) atoms. The van der Waals surface area contributed by atoms with Gasteiger partial charge in [0, 0.05) is 5.69 Å². The Morgan fingerprint density at radius 2 is 2.25 bits per heavy atom. The van der Waals surface area contributed by atoms with Crippen LogP contribution < -0.4 is 0 Å². The maximum absolute atomic E-state index is 8.88. The number of hydrogen-bond acceptors (Lipinski definition) is 2. The van der Waals surface area contributed by atoms with Crippen LogP contribution in [0.4, 0.5) is 0 Å². The van der Waals surface area contributed by atoms with Gasteiger partial charge in [0.25, 0.3) is 0 Å². The van der Waals surface area contributed by atoms with Gasteiger partial charge in [-0.05, 0) is 31.9 Å². The van der Waals surface area contributed by atoms with Crippen molar-refractivity contribution in [2.75, 3.05) is 0 Å². The normalized spacial score (nSPS) is 11.6.